The summed E-state index contributed by atoms with van der Waals surface area (Å²) in [6.07, 6.45) is 1.99. The largest absolute Gasteiger partial charge is 0.207 e. The van der Waals surface area contributed by atoms with Crippen molar-refractivity contribution in [3.8, 4) is 0 Å². The van der Waals surface area contributed by atoms with Crippen molar-refractivity contribution in [2.75, 3.05) is 4.43 Å². The fourth-order valence-electron chi connectivity index (χ4n) is 1.28. The molecule has 0 amide bonds. The molecule has 0 nitrogen and oxygen atoms in total. The highest BCUT2D eigenvalue weighted by molar-refractivity contribution is 14.1. The molecule has 0 fully saturated rings. The second-order valence-electron chi connectivity index (χ2n) is 3.22. The Hall–Kier alpha value is -0.120. The zero-order valence-electron chi connectivity index (χ0n) is 7.76. The van der Waals surface area contributed by atoms with E-state index in [9.17, 15) is 4.39 Å². The summed E-state index contributed by atoms with van der Waals surface area (Å²) < 4.78 is 14.3. The van der Waals surface area contributed by atoms with Crippen LogP contribution in [0.3, 0.4) is 0 Å². The topological polar surface area (TPSA) is 0 Å². The van der Waals surface area contributed by atoms with Crippen molar-refractivity contribution >= 4 is 22.6 Å². The molecule has 0 radical (unpaired) electrons. The molecule has 1 aromatic rings. The Morgan fingerprint density at radius 2 is 2.08 bits per heavy atom. The number of benzene rings is 1. The average Bonchev–Trinajstić information content (AvgIpc) is 2.17. The van der Waals surface area contributed by atoms with Crippen molar-refractivity contribution in [1.29, 1.82) is 0 Å². The average molecular weight is 292 g/mol. The minimum absolute atomic E-state index is 0.0641. The van der Waals surface area contributed by atoms with Gasteiger partial charge < -0.3 is 0 Å². The highest BCUT2D eigenvalue weighted by Crippen LogP contribution is 2.16. The van der Waals surface area contributed by atoms with Crippen molar-refractivity contribution in [3.05, 3.63) is 35.6 Å². The van der Waals surface area contributed by atoms with Crippen LogP contribution in [0.4, 0.5) is 4.39 Å². The monoisotopic (exact) mass is 292 g/mol. The van der Waals surface area contributed by atoms with Gasteiger partial charge in [0.25, 0.3) is 0 Å². The Labute approximate surface area is 92.7 Å². The second-order valence-corrected chi connectivity index (χ2v) is 4.10. The molecule has 0 saturated carbocycles. The normalized spacial score (nSPS) is 12.8. The van der Waals surface area contributed by atoms with Gasteiger partial charge in [0.15, 0.2) is 0 Å². The second kappa shape index (κ2) is 5.58. The van der Waals surface area contributed by atoms with Crippen LogP contribution in [-0.2, 0) is 6.42 Å². The third kappa shape index (κ3) is 3.25. The van der Waals surface area contributed by atoms with Gasteiger partial charge in [0.1, 0.15) is 5.82 Å². The molecule has 0 aliphatic carbocycles. The van der Waals surface area contributed by atoms with Crippen LogP contribution in [0.15, 0.2) is 24.3 Å². The van der Waals surface area contributed by atoms with Gasteiger partial charge >= 0.3 is 0 Å². The first-order valence-electron chi connectivity index (χ1n) is 4.57. The molecule has 0 spiro atoms. The lowest BCUT2D eigenvalue weighted by Gasteiger charge is -2.11. The van der Waals surface area contributed by atoms with Crippen molar-refractivity contribution in [2.24, 2.45) is 5.92 Å². The maximum Gasteiger partial charge on any atom is 0.126 e. The number of halogens is 2. The summed E-state index contributed by atoms with van der Waals surface area (Å²) in [6, 6.07) is 7.06. The number of rotatable bonds is 4. The van der Waals surface area contributed by atoms with Crippen molar-refractivity contribution in [2.45, 2.75) is 19.8 Å². The van der Waals surface area contributed by atoms with Crippen molar-refractivity contribution in [1.82, 2.24) is 0 Å². The zero-order valence-corrected chi connectivity index (χ0v) is 9.92. The van der Waals surface area contributed by atoms with E-state index in [-0.39, 0.29) is 5.82 Å². The van der Waals surface area contributed by atoms with Gasteiger partial charge in [-0.15, -0.1) is 0 Å². The fourth-order valence-corrected chi connectivity index (χ4v) is 2.22. The van der Waals surface area contributed by atoms with Gasteiger partial charge in [-0.3, -0.25) is 0 Å². The lowest BCUT2D eigenvalue weighted by Crippen LogP contribution is -2.05. The first-order chi connectivity index (χ1) is 6.27. The first-order valence-corrected chi connectivity index (χ1v) is 6.09. The molecule has 0 aromatic heterocycles. The molecule has 1 aromatic carbocycles. The molecule has 2 heteroatoms. The van der Waals surface area contributed by atoms with Crippen LogP contribution in [0.2, 0.25) is 0 Å². The summed E-state index contributed by atoms with van der Waals surface area (Å²) >= 11 is 2.37. The Balaban J connectivity index is 2.67. The van der Waals surface area contributed by atoms with Crippen LogP contribution >= 0.6 is 22.6 Å². The maximum absolute atomic E-state index is 13.2. The third-order valence-corrected chi connectivity index (χ3v) is 3.51. The Kier molecular flexibility index (Phi) is 4.70. The minimum atomic E-state index is -0.0641. The van der Waals surface area contributed by atoms with Crippen LogP contribution < -0.4 is 0 Å². The summed E-state index contributed by atoms with van der Waals surface area (Å²) in [4.78, 5) is 0. The predicted molar refractivity (Wildman–Crippen MR) is 62.8 cm³/mol. The van der Waals surface area contributed by atoms with Gasteiger partial charge in [-0.05, 0) is 24.0 Å². The Morgan fingerprint density at radius 3 is 2.62 bits per heavy atom. The zero-order chi connectivity index (χ0) is 9.68. The molecule has 0 heterocycles. The number of alkyl halides is 1. The Morgan fingerprint density at radius 1 is 1.38 bits per heavy atom. The smallest absolute Gasteiger partial charge is 0.126 e. The van der Waals surface area contributed by atoms with Crippen LogP contribution in [0.1, 0.15) is 18.9 Å². The van der Waals surface area contributed by atoms with Crippen molar-refractivity contribution in [3.63, 3.8) is 0 Å². The predicted octanol–water partition coefficient (Wildman–Crippen LogP) is 3.83. The van der Waals surface area contributed by atoms with Crippen LogP contribution in [-0.4, -0.2) is 4.43 Å². The van der Waals surface area contributed by atoms with Crippen molar-refractivity contribution < 1.29 is 4.39 Å². The fraction of sp³-hybridized carbons (Fsp3) is 0.455. The third-order valence-electron chi connectivity index (χ3n) is 2.26. The molecule has 1 atom stereocenters. The standard InChI is InChI=1S/C11H14FI/c1-2-9(8-13)7-10-5-3-4-6-11(10)12/h3-6,9H,2,7-8H2,1H3. The van der Waals surface area contributed by atoms with E-state index in [1.54, 1.807) is 6.07 Å². The van der Waals surface area contributed by atoms with E-state index in [4.69, 9.17) is 0 Å². The van der Waals surface area contributed by atoms with Crippen LogP contribution in [0.25, 0.3) is 0 Å². The van der Waals surface area contributed by atoms with Gasteiger partial charge in [-0.1, -0.05) is 54.1 Å². The first kappa shape index (κ1) is 11.0. The molecular weight excluding hydrogens is 278 g/mol. The van der Waals surface area contributed by atoms with Gasteiger partial charge in [-0.2, -0.15) is 0 Å². The lowest BCUT2D eigenvalue weighted by molar-refractivity contribution is 0.543. The van der Waals surface area contributed by atoms with Gasteiger partial charge in [-0.25, -0.2) is 4.39 Å². The molecule has 1 unspecified atom stereocenters. The van der Waals surface area contributed by atoms with E-state index in [0.29, 0.717) is 5.92 Å². The maximum atomic E-state index is 13.2. The van der Waals surface area contributed by atoms with E-state index in [1.165, 1.54) is 6.07 Å². The van der Waals surface area contributed by atoms with E-state index < -0.39 is 0 Å². The molecule has 0 aliphatic heterocycles. The number of hydrogen-bond donors (Lipinski definition) is 0. The molecular formula is C11H14FI. The molecule has 1 rings (SSSR count). The molecule has 13 heavy (non-hydrogen) atoms. The quantitative estimate of drug-likeness (QED) is 0.584. The molecule has 0 bridgehead atoms. The summed E-state index contributed by atoms with van der Waals surface area (Å²) in [5.74, 6) is 0.545. The highest BCUT2D eigenvalue weighted by atomic mass is 127. The van der Waals surface area contributed by atoms with Gasteiger partial charge in [0.2, 0.25) is 0 Å². The Bertz CT molecular complexity index is 256. The van der Waals surface area contributed by atoms with E-state index in [0.717, 1.165) is 22.8 Å². The van der Waals surface area contributed by atoms with Crippen LogP contribution in [0.5, 0.6) is 0 Å². The molecule has 0 aliphatic rings. The summed E-state index contributed by atoms with van der Waals surface area (Å²) in [5, 5.41) is 0. The number of hydrogen-bond acceptors (Lipinski definition) is 0. The summed E-state index contributed by atoms with van der Waals surface area (Å²) in [7, 11) is 0. The molecule has 72 valence electrons. The van der Waals surface area contributed by atoms with Gasteiger partial charge in [0.05, 0.1) is 0 Å². The molecule has 0 N–H and O–H groups in total. The van der Waals surface area contributed by atoms with E-state index in [1.807, 2.05) is 12.1 Å². The summed E-state index contributed by atoms with van der Waals surface area (Å²) in [6.45, 7) is 2.16. The van der Waals surface area contributed by atoms with E-state index in [2.05, 4.69) is 29.5 Å². The SMILES string of the molecule is CCC(CI)Cc1ccccc1F. The van der Waals surface area contributed by atoms with Crippen LogP contribution in [0, 0.1) is 11.7 Å². The van der Waals surface area contributed by atoms with E-state index >= 15 is 0 Å². The molecule has 0 saturated heterocycles. The minimum Gasteiger partial charge on any atom is -0.207 e. The lowest BCUT2D eigenvalue weighted by atomic mass is 9.99. The highest BCUT2D eigenvalue weighted by Gasteiger charge is 2.08. The van der Waals surface area contributed by atoms with Gasteiger partial charge in [0, 0.05) is 4.43 Å². The summed E-state index contributed by atoms with van der Waals surface area (Å²) in [5.41, 5.74) is 0.853.